The average molecular weight is 486 g/mol. The van der Waals surface area contributed by atoms with Crippen LogP contribution >= 0.6 is 0 Å². The predicted molar refractivity (Wildman–Crippen MR) is 124 cm³/mol. The van der Waals surface area contributed by atoms with Crippen LogP contribution in [0.1, 0.15) is 46.1 Å². The molecular formula is C25H25F3N4O3. The Morgan fingerprint density at radius 2 is 2.00 bits per heavy atom. The number of rotatable bonds is 7. The highest BCUT2D eigenvalue weighted by atomic mass is 19.4. The number of hydrogen-bond acceptors (Lipinski definition) is 6. The third-order valence-corrected chi connectivity index (χ3v) is 5.82. The summed E-state index contributed by atoms with van der Waals surface area (Å²) in [5.41, 5.74) is 1.97. The van der Waals surface area contributed by atoms with E-state index in [1.165, 1.54) is 18.3 Å². The molecule has 10 heteroatoms. The molecule has 184 valence electrons. The number of pyridine rings is 2. The lowest BCUT2D eigenvalue weighted by Gasteiger charge is -2.26. The number of alkyl halides is 3. The number of aryl methyl sites for hydroxylation is 1. The van der Waals surface area contributed by atoms with Crippen molar-refractivity contribution in [1.82, 2.24) is 15.3 Å². The van der Waals surface area contributed by atoms with Gasteiger partial charge in [0.1, 0.15) is 5.82 Å². The van der Waals surface area contributed by atoms with Crippen molar-refractivity contribution in [2.75, 3.05) is 18.5 Å². The van der Waals surface area contributed by atoms with Crippen molar-refractivity contribution in [1.29, 1.82) is 0 Å². The number of benzene rings is 1. The Morgan fingerprint density at radius 1 is 1.17 bits per heavy atom. The zero-order valence-corrected chi connectivity index (χ0v) is 18.7. The van der Waals surface area contributed by atoms with E-state index < -0.39 is 30.5 Å². The molecule has 2 atom stereocenters. The molecular weight excluding hydrogens is 461 g/mol. The number of halogens is 3. The van der Waals surface area contributed by atoms with Crippen molar-refractivity contribution in [3.05, 3.63) is 77.1 Å². The van der Waals surface area contributed by atoms with Gasteiger partial charge in [0.2, 0.25) is 0 Å². The van der Waals surface area contributed by atoms with E-state index in [2.05, 4.69) is 20.6 Å². The van der Waals surface area contributed by atoms with E-state index in [-0.39, 0.29) is 12.5 Å². The Labute approximate surface area is 200 Å². The Bertz CT molecular complexity index is 1200. The van der Waals surface area contributed by atoms with Crippen LogP contribution in [0.2, 0.25) is 0 Å². The van der Waals surface area contributed by atoms with Crippen LogP contribution in [0.25, 0.3) is 11.3 Å². The summed E-state index contributed by atoms with van der Waals surface area (Å²) in [6, 6.07) is 11.3. The van der Waals surface area contributed by atoms with Crippen molar-refractivity contribution in [2.45, 2.75) is 37.6 Å². The fourth-order valence-corrected chi connectivity index (χ4v) is 4.00. The molecule has 1 amide bonds. The van der Waals surface area contributed by atoms with Crippen LogP contribution in [0, 0.1) is 0 Å². The first-order valence-electron chi connectivity index (χ1n) is 11.2. The number of carbonyl (C=O) groups excluding carboxylic acids is 1. The quantitative estimate of drug-likeness (QED) is 0.405. The van der Waals surface area contributed by atoms with Crippen molar-refractivity contribution < 1.29 is 28.2 Å². The number of carbonyl (C=O) groups is 1. The Balaban J connectivity index is 1.54. The molecule has 0 radical (unpaired) electrons. The molecule has 0 bridgehead atoms. The summed E-state index contributed by atoms with van der Waals surface area (Å²) >= 11 is 0. The molecule has 1 aliphatic rings. The van der Waals surface area contributed by atoms with Gasteiger partial charge in [-0.3, -0.25) is 9.78 Å². The second kappa shape index (κ2) is 10.4. The molecule has 4 N–H and O–H groups in total. The predicted octanol–water partition coefficient (Wildman–Crippen LogP) is 3.73. The zero-order valence-electron chi connectivity index (χ0n) is 18.7. The van der Waals surface area contributed by atoms with Gasteiger partial charge >= 0.3 is 6.18 Å². The zero-order chi connectivity index (χ0) is 25.0. The molecule has 4 rings (SSSR count). The third-order valence-electron chi connectivity index (χ3n) is 5.82. The van der Waals surface area contributed by atoms with E-state index in [9.17, 15) is 23.1 Å². The van der Waals surface area contributed by atoms with Crippen LogP contribution in [0.15, 0.2) is 54.7 Å². The molecule has 3 aromatic rings. The van der Waals surface area contributed by atoms with E-state index >= 15 is 0 Å². The maximum Gasteiger partial charge on any atom is 0.416 e. The average Bonchev–Trinajstić information content (AvgIpc) is 2.87. The van der Waals surface area contributed by atoms with Crippen molar-refractivity contribution >= 4 is 11.7 Å². The number of fused-ring (bicyclic) bond motifs is 1. The fraction of sp³-hybridized carbons (Fsp3) is 0.320. The number of amides is 1. The largest absolute Gasteiger partial charge is 0.416 e. The van der Waals surface area contributed by atoms with Gasteiger partial charge in [-0.2, -0.15) is 13.2 Å². The number of aliphatic hydroxyl groups is 2. The van der Waals surface area contributed by atoms with Gasteiger partial charge in [0.15, 0.2) is 0 Å². The van der Waals surface area contributed by atoms with Gasteiger partial charge in [-0.1, -0.05) is 18.2 Å². The molecule has 1 aliphatic carbocycles. The Kier molecular flexibility index (Phi) is 7.32. The van der Waals surface area contributed by atoms with E-state index in [0.29, 0.717) is 34.8 Å². The minimum absolute atomic E-state index is 0.0762. The SMILES string of the molecule is O=C(NC1CCCc2ccc(-c3cccc(C(F)(F)F)c3)nc21)c1ccnc(NCC(O)CO)c1. The number of hydrogen-bond donors (Lipinski definition) is 4. The van der Waals surface area contributed by atoms with Crippen LogP contribution < -0.4 is 10.6 Å². The summed E-state index contributed by atoms with van der Waals surface area (Å²) in [5, 5.41) is 24.3. The van der Waals surface area contributed by atoms with Crippen molar-refractivity contribution in [3.8, 4) is 11.3 Å². The summed E-state index contributed by atoms with van der Waals surface area (Å²) < 4.78 is 39.5. The maximum absolute atomic E-state index is 13.2. The van der Waals surface area contributed by atoms with Gasteiger partial charge in [0, 0.05) is 23.9 Å². The summed E-state index contributed by atoms with van der Waals surface area (Å²) in [6.07, 6.45) is -1.68. The number of aliphatic hydroxyl groups excluding tert-OH is 2. The second-order valence-electron chi connectivity index (χ2n) is 8.38. The molecule has 35 heavy (non-hydrogen) atoms. The standard InChI is InChI=1S/C25H25F3N4O3/c26-25(27,28)18-5-1-4-16(11-18)20-8-7-15-3-2-6-21(23(15)31-20)32-24(35)17-9-10-29-22(12-17)30-13-19(34)14-33/h1,4-5,7-12,19,21,33-34H,2-3,6,13-14H2,(H,29,30)(H,32,35). The van der Waals surface area contributed by atoms with E-state index in [4.69, 9.17) is 5.11 Å². The first-order valence-corrected chi connectivity index (χ1v) is 11.2. The number of aromatic nitrogens is 2. The van der Waals surface area contributed by atoms with E-state index in [1.54, 1.807) is 18.2 Å². The van der Waals surface area contributed by atoms with Gasteiger partial charge < -0.3 is 20.8 Å². The lowest BCUT2D eigenvalue weighted by atomic mass is 9.90. The molecule has 1 aromatic carbocycles. The Hall–Kier alpha value is -3.50. The highest BCUT2D eigenvalue weighted by Crippen LogP contribution is 2.34. The molecule has 0 fully saturated rings. The minimum Gasteiger partial charge on any atom is -0.394 e. The molecule has 0 saturated heterocycles. The molecule has 7 nitrogen and oxygen atoms in total. The maximum atomic E-state index is 13.2. The van der Waals surface area contributed by atoms with Crippen LogP contribution in [-0.4, -0.2) is 45.3 Å². The molecule has 0 aliphatic heterocycles. The monoisotopic (exact) mass is 486 g/mol. The van der Waals surface area contributed by atoms with Gasteiger partial charge in [-0.15, -0.1) is 0 Å². The third kappa shape index (κ3) is 5.95. The Morgan fingerprint density at radius 3 is 2.77 bits per heavy atom. The van der Waals surface area contributed by atoms with Crippen LogP contribution in [0.4, 0.5) is 19.0 Å². The van der Waals surface area contributed by atoms with Crippen LogP contribution in [-0.2, 0) is 12.6 Å². The van der Waals surface area contributed by atoms with Crippen LogP contribution in [0.3, 0.4) is 0 Å². The van der Waals surface area contributed by atoms with Crippen molar-refractivity contribution in [2.24, 2.45) is 0 Å². The molecule has 2 aromatic heterocycles. The summed E-state index contributed by atoms with van der Waals surface area (Å²) in [6.45, 7) is -0.323. The minimum atomic E-state index is -4.45. The topological polar surface area (TPSA) is 107 Å². The van der Waals surface area contributed by atoms with E-state index in [1.807, 2.05) is 6.07 Å². The van der Waals surface area contributed by atoms with Gasteiger partial charge in [-0.25, -0.2) is 4.98 Å². The van der Waals surface area contributed by atoms with Gasteiger partial charge in [0.25, 0.3) is 5.91 Å². The summed E-state index contributed by atoms with van der Waals surface area (Å²) in [5.74, 6) is 0.0291. The smallest absolute Gasteiger partial charge is 0.394 e. The lowest BCUT2D eigenvalue weighted by Crippen LogP contribution is -2.32. The summed E-state index contributed by atoms with van der Waals surface area (Å²) in [4.78, 5) is 21.7. The molecule has 0 spiro atoms. The highest BCUT2D eigenvalue weighted by Gasteiger charge is 2.31. The second-order valence-corrected chi connectivity index (χ2v) is 8.38. The van der Waals surface area contributed by atoms with Gasteiger partial charge in [-0.05, 0) is 55.2 Å². The molecule has 2 unspecified atom stereocenters. The number of anilines is 1. The highest BCUT2D eigenvalue weighted by molar-refractivity contribution is 5.95. The first-order chi connectivity index (χ1) is 16.7. The van der Waals surface area contributed by atoms with E-state index in [0.717, 1.165) is 30.5 Å². The molecule has 2 heterocycles. The lowest BCUT2D eigenvalue weighted by molar-refractivity contribution is -0.137. The summed E-state index contributed by atoms with van der Waals surface area (Å²) in [7, 11) is 0. The fourth-order valence-electron chi connectivity index (χ4n) is 4.00. The normalized spacial score (nSPS) is 16.3. The van der Waals surface area contributed by atoms with Crippen molar-refractivity contribution in [3.63, 3.8) is 0 Å². The number of nitrogens with zero attached hydrogens (tertiary/aromatic N) is 2. The first kappa shape index (κ1) is 24.6. The van der Waals surface area contributed by atoms with Crippen LogP contribution in [0.5, 0.6) is 0 Å². The van der Waals surface area contributed by atoms with Gasteiger partial charge in [0.05, 0.1) is 35.7 Å². The molecule has 0 saturated carbocycles. The number of nitrogens with one attached hydrogen (secondary N) is 2.